The highest BCUT2D eigenvalue weighted by Gasteiger charge is 2.33. The van der Waals surface area contributed by atoms with Crippen LogP contribution in [-0.2, 0) is 6.54 Å². The number of hydrogen-bond acceptors (Lipinski definition) is 2. The highest BCUT2D eigenvalue weighted by molar-refractivity contribution is 9.10. The van der Waals surface area contributed by atoms with Gasteiger partial charge in [0, 0.05) is 29.3 Å². The molecule has 0 atom stereocenters. The van der Waals surface area contributed by atoms with Gasteiger partial charge in [-0.3, -0.25) is 0 Å². The van der Waals surface area contributed by atoms with Crippen LogP contribution in [0.1, 0.15) is 45.1 Å². The lowest BCUT2D eigenvalue weighted by atomic mass is 10.1. The van der Waals surface area contributed by atoms with E-state index < -0.39 is 0 Å². The molecule has 2 saturated carbocycles. The summed E-state index contributed by atoms with van der Waals surface area (Å²) in [6.07, 6.45) is 5.62. The molecule has 21 heavy (non-hydrogen) atoms. The van der Waals surface area contributed by atoms with E-state index in [1.807, 2.05) is 0 Å². The van der Waals surface area contributed by atoms with Crippen LogP contribution in [0.2, 0.25) is 0 Å². The summed E-state index contributed by atoms with van der Waals surface area (Å²) in [7, 11) is 0. The first kappa shape index (κ1) is 15.4. The van der Waals surface area contributed by atoms with Crippen LogP contribution in [0.25, 0.3) is 0 Å². The molecule has 0 saturated heterocycles. The van der Waals surface area contributed by atoms with E-state index in [0.717, 1.165) is 25.0 Å². The van der Waals surface area contributed by atoms with E-state index in [1.165, 1.54) is 48.0 Å². The SMILES string of the molecule is CC(C)CNCc1ccc(N(CC2CC2)C2CC2)cc1Br. The summed E-state index contributed by atoms with van der Waals surface area (Å²) in [5, 5.41) is 3.52. The van der Waals surface area contributed by atoms with Crippen molar-refractivity contribution in [2.45, 2.75) is 52.1 Å². The lowest BCUT2D eigenvalue weighted by Gasteiger charge is -2.25. The minimum Gasteiger partial charge on any atom is -0.368 e. The monoisotopic (exact) mass is 350 g/mol. The van der Waals surface area contributed by atoms with Crippen molar-refractivity contribution in [3.63, 3.8) is 0 Å². The van der Waals surface area contributed by atoms with Crippen LogP contribution in [0.5, 0.6) is 0 Å². The van der Waals surface area contributed by atoms with Crippen LogP contribution in [0.15, 0.2) is 22.7 Å². The van der Waals surface area contributed by atoms with Gasteiger partial charge < -0.3 is 10.2 Å². The fraction of sp³-hybridized carbons (Fsp3) is 0.667. The maximum atomic E-state index is 3.77. The van der Waals surface area contributed by atoms with E-state index >= 15 is 0 Å². The van der Waals surface area contributed by atoms with Gasteiger partial charge in [-0.2, -0.15) is 0 Å². The third-order valence-electron chi connectivity index (χ3n) is 4.38. The van der Waals surface area contributed by atoms with E-state index in [9.17, 15) is 0 Å². The summed E-state index contributed by atoms with van der Waals surface area (Å²) >= 11 is 3.77. The molecule has 1 N–H and O–H groups in total. The number of halogens is 1. The molecule has 1 aromatic carbocycles. The Morgan fingerprint density at radius 1 is 1.24 bits per heavy atom. The Labute approximate surface area is 137 Å². The Morgan fingerprint density at radius 3 is 2.57 bits per heavy atom. The topological polar surface area (TPSA) is 15.3 Å². The maximum Gasteiger partial charge on any atom is 0.0380 e. The molecule has 0 unspecified atom stereocenters. The van der Waals surface area contributed by atoms with Crippen molar-refractivity contribution in [3.8, 4) is 0 Å². The Bertz CT molecular complexity index is 478. The van der Waals surface area contributed by atoms with Crippen molar-refractivity contribution >= 4 is 21.6 Å². The van der Waals surface area contributed by atoms with Gasteiger partial charge in [0.1, 0.15) is 0 Å². The van der Waals surface area contributed by atoms with Gasteiger partial charge >= 0.3 is 0 Å². The molecule has 0 amide bonds. The molecule has 116 valence electrons. The second kappa shape index (κ2) is 6.70. The molecule has 3 rings (SSSR count). The molecular weight excluding hydrogens is 324 g/mol. The zero-order chi connectivity index (χ0) is 14.8. The summed E-state index contributed by atoms with van der Waals surface area (Å²) in [4.78, 5) is 2.65. The fourth-order valence-electron chi connectivity index (χ4n) is 2.78. The second-order valence-corrected chi connectivity index (χ2v) is 7.98. The van der Waals surface area contributed by atoms with Gasteiger partial charge in [0.15, 0.2) is 0 Å². The fourth-order valence-corrected chi connectivity index (χ4v) is 3.29. The van der Waals surface area contributed by atoms with E-state index in [2.05, 4.69) is 58.2 Å². The van der Waals surface area contributed by atoms with Gasteiger partial charge in [0.25, 0.3) is 0 Å². The van der Waals surface area contributed by atoms with Crippen molar-refractivity contribution in [1.82, 2.24) is 5.32 Å². The molecule has 0 radical (unpaired) electrons. The average Bonchev–Trinajstić information content (AvgIpc) is 3.31. The molecule has 0 spiro atoms. The predicted molar refractivity (Wildman–Crippen MR) is 93.8 cm³/mol. The summed E-state index contributed by atoms with van der Waals surface area (Å²) in [6, 6.07) is 7.74. The quantitative estimate of drug-likeness (QED) is 0.738. The Balaban J connectivity index is 1.64. The minimum atomic E-state index is 0.701. The molecule has 2 nitrogen and oxygen atoms in total. The molecule has 2 fully saturated rings. The predicted octanol–water partition coefficient (Wildman–Crippen LogP) is 4.57. The van der Waals surface area contributed by atoms with Crippen LogP contribution >= 0.6 is 15.9 Å². The standard InChI is InChI=1S/C18H27BrN2/c1-13(2)10-20-11-15-5-6-17(9-18(15)19)21(16-7-8-16)12-14-3-4-14/h5-6,9,13-14,16,20H,3-4,7-8,10-12H2,1-2H3. The molecular formula is C18H27BrN2. The molecule has 2 aliphatic carbocycles. The van der Waals surface area contributed by atoms with E-state index in [1.54, 1.807) is 0 Å². The third-order valence-corrected chi connectivity index (χ3v) is 5.11. The zero-order valence-electron chi connectivity index (χ0n) is 13.2. The molecule has 1 aromatic rings. The first-order valence-electron chi connectivity index (χ1n) is 8.39. The summed E-state index contributed by atoms with van der Waals surface area (Å²) in [5.74, 6) is 1.66. The van der Waals surface area contributed by atoms with E-state index in [0.29, 0.717) is 5.92 Å². The molecule has 2 aliphatic rings. The van der Waals surface area contributed by atoms with Gasteiger partial charge in [-0.25, -0.2) is 0 Å². The van der Waals surface area contributed by atoms with Crippen LogP contribution in [-0.4, -0.2) is 19.1 Å². The van der Waals surface area contributed by atoms with Gasteiger partial charge in [0.05, 0.1) is 0 Å². The molecule has 0 aliphatic heterocycles. The normalized spacial score (nSPS) is 18.3. The Kier molecular flexibility index (Phi) is 4.90. The van der Waals surface area contributed by atoms with Crippen LogP contribution < -0.4 is 10.2 Å². The second-order valence-electron chi connectivity index (χ2n) is 7.13. The largest absolute Gasteiger partial charge is 0.368 e. The third kappa shape index (κ3) is 4.46. The van der Waals surface area contributed by atoms with Crippen LogP contribution in [0.3, 0.4) is 0 Å². The van der Waals surface area contributed by atoms with Gasteiger partial charge in [-0.05, 0) is 61.8 Å². The summed E-state index contributed by atoms with van der Waals surface area (Å²) in [6.45, 7) is 7.78. The zero-order valence-corrected chi connectivity index (χ0v) is 14.8. The smallest absolute Gasteiger partial charge is 0.0380 e. The van der Waals surface area contributed by atoms with E-state index in [-0.39, 0.29) is 0 Å². The number of rotatable bonds is 8. The summed E-state index contributed by atoms with van der Waals surface area (Å²) < 4.78 is 1.25. The van der Waals surface area contributed by atoms with E-state index in [4.69, 9.17) is 0 Å². The first-order chi connectivity index (χ1) is 10.1. The van der Waals surface area contributed by atoms with Crippen molar-refractivity contribution in [3.05, 3.63) is 28.2 Å². The minimum absolute atomic E-state index is 0.701. The number of nitrogens with zero attached hydrogens (tertiary/aromatic N) is 1. The Morgan fingerprint density at radius 2 is 2.00 bits per heavy atom. The number of benzene rings is 1. The summed E-state index contributed by atoms with van der Waals surface area (Å²) in [5.41, 5.74) is 2.77. The lowest BCUT2D eigenvalue weighted by Crippen LogP contribution is -2.28. The van der Waals surface area contributed by atoms with Crippen LogP contribution in [0.4, 0.5) is 5.69 Å². The highest BCUT2D eigenvalue weighted by atomic mass is 79.9. The number of nitrogens with one attached hydrogen (secondary N) is 1. The Hall–Kier alpha value is -0.540. The maximum absolute atomic E-state index is 3.77. The first-order valence-corrected chi connectivity index (χ1v) is 9.18. The molecule has 0 heterocycles. The van der Waals surface area contributed by atoms with Crippen LogP contribution in [0, 0.1) is 11.8 Å². The van der Waals surface area contributed by atoms with Crippen molar-refractivity contribution in [1.29, 1.82) is 0 Å². The van der Waals surface area contributed by atoms with Crippen molar-refractivity contribution < 1.29 is 0 Å². The van der Waals surface area contributed by atoms with Crippen molar-refractivity contribution in [2.75, 3.05) is 18.0 Å². The average molecular weight is 351 g/mol. The van der Waals surface area contributed by atoms with Crippen molar-refractivity contribution in [2.24, 2.45) is 11.8 Å². The molecule has 0 bridgehead atoms. The number of hydrogen-bond donors (Lipinski definition) is 1. The van der Waals surface area contributed by atoms with Gasteiger partial charge in [-0.15, -0.1) is 0 Å². The number of anilines is 1. The molecule has 0 aromatic heterocycles. The van der Waals surface area contributed by atoms with Gasteiger partial charge in [-0.1, -0.05) is 35.8 Å². The molecule has 3 heteroatoms. The lowest BCUT2D eigenvalue weighted by molar-refractivity contribution is 0.552. The van der Waals surface area contributed by atoms with Gasteiger partial charge in [0.2, 0.25) is 0 Å². The highest BCUT2D eigenvalue weighted by Crippen LogP contribution is 2.38.